The van der Waals surface area contributed by atoms with Crippen LogP contribution in [0.5, 0.6) is 0 Å². The fraction of sp³-hybridized carbons (Fsp3) is 0.923. The number of alkyl halides is 4. The Morgan fingerprint density at radius 1 is 1.08 bits per heavy atom. The summed E-state index contributed by atoms with van der Waals surface area (Å²) in [5.41, 5.74) is 0. The minimum atomic E-state index is -6.20. The molecule has 1 fully saturated rings. The Balaban J connectivity index is 0.00000529. The van der Waals surface area contributed by atoms with Gasteiger partial charge >= 0.3 is 56.8 Å². The number of carbonyl (C=O) groups is 1. The first kappa shape index (κ1) is 24.1. The molecule has 0 aromatic rings. The van der Waals surface area contributed by atoms with Crippen LogP contribution in [0.2, 0.25) is 0 Å². The predicted molar refractivity (Wildman–Crippen MR) is 80.0 cm³/mol. The number of halogens is 4. The van der Waals surface area contributed by atoms with E-state index >= 15 is 0 Å². The number of rotatable bonds is 8. The van der Waals surface area contributed by atoms with Gasteiger partial charge in [-0.3, -0.25) is 9.35 Å². The summed E-state index contributed by atoms with van der Waals surface area (Å²) in [6.07, 6.45) is 2.33. The molecular formula is C13H21F4NaO5S. The van der Waals surface area contributed by atoms with E-state index in [-0.39, 0.29) is 48.5 Å². The van der Waals surface area contributed by atoms with Gasteiger partial charge in [0.2, 0.25) is 0 Å². The molecule has 0 radical (unpaired) electrons. The molecule has 0 bridgehead atoms. The van der Waals surface area contributed by atoms with E-state index in [4.69, 9.17) is 9.29 Å². The first-order valence-corrected chi connectivity index (χ1v) is 8.82. The van der Waals surface area contributed by atoms with Gasteiger partial charge in [0.05, 0.1) is 12.5 Å². The van der Waals surface area contributed by atoms with Crippen molar-refractivity contribution < 1.29 is 40.1 Å². The molecule has 1 aliphatic rings. The van der Waals surface area contributed by atoms with Crippen LogP contribution in [0.25, 0.3) is 0 Å². The van der Waals surface area contributed by atoms with Gasteiger partial charge in [-0.25, -0.2) is 0 Å². The van der Waals surface area contributed by atoms with E-state index in [9.17, 15) is 30.8 Å². The molecule has 0 unspecified atom stereocenters. The monoisotopic (exact) mass is 388 g/mol. The van der Waals surface area contributed by atoms with Crippen LogP contribution in [0.15, 0.2) is 0 Å². The van der Waals surface area contributed by atoms with Crippen molar-refractivity contribution >= 4 is 45.6 Å². The van der Waals surface area contributed by atoms with Crippen LogP contribution in [0.3, 0.4) is 0 Å². The summed E-state index contributed by atoms with van der Waals surface area (Å²) < 4.78 is 85.9. The second-order valence-electron chi connectivity index (χ2n) is 5.66. The molecule has 0 aromatic carbocycles. The molecule has 11 heteroatoms. The molecule has 0 amide bonds. The zero-order chi connectivity index (χ0) is 17.7. The van der Waals surface area contributed by atoms with Crippen molar-refractivity contribution in [2.75, 3.05) is 6.61 Å². The van der Waals surface area contributed by atoms with Gasteiger partial charge in [0.1, 0.15) is 0 Å². The Kier molecular flexibility index (Phi) is 9.74. The Hall–Kier alpha value is 0.1000. The van der Waals surface area contributed by atoms with Crippen LogP contribution < -0.4 is 0 Å². The molecule has 0 atom stereocenters. The van der Waals surface area contributed by atoms with E-state index in [0.29, 0.717) is 0 Å². The van der Waals surface area contributed by atoms with Crippen molar-refractivity contribution in [2.24, 2.45) is 5.92 Å². The normalized spacial score (nSPS) is 17.2. The third-order valence-electron chi connectivity index (χ3n) is 3.82. The fourth-order valence-electron chi connectivity index (χ4n) is 2.41. The molecule has 1 rings (SSSR count). The molecule has 0 heterocycles. The van der Waals surface area contributed by atoms with Crippen molar-refractivity contribution in [1.82, 2.24) is 0 Å². The maximum absolute atomic E-state index is 13.2. The van der Waals surface area contributed by atoms with Gasteiger partial charge in [-0.15, -0.1) is 0 Å². The number of ether oxygens (including phenoxy) is 1. The Morgan fingerprint density at radius 2 is 1.62 bits per heavy atom. The van der Waals surface area contributed by atoms with Crippen LogP contribution in [0.1, 0.15) is 51.4 Å². The third kappa shape index (κ3) is 6.44. The standard InChI is InChI=1S/C13H20F4O5S.Na.H/c14-12(15,13(16,17)23(19,20)21)8-4-5-9-22-11(18)10-6-2-1-3-7-10;;/h10H,1-9H2,(H,19,20,21);;. The van der Waals surface area contributed by atoms with Crippen LogP contribution in [0, 0.1) is 5.92 Å². The van der Waals surface area contributed by atoms with Crippen molar-refractivity contribution in [3.63, 3.8) is 0 Å². The molecule has 5 nitrogen and oxygen atoms in total. The van der Waals surface area contributed by atoms with E-state index in [2.05, 4.69) is 0 Å². The number of unbranched alkanes of at least 4 members (excludes halogenated alkanes) is 1. The SMILES string of the molecule is O=C(OCCCCC(F)(F)C(F)(F)S(=O)(=O)O)C1CCCCC1.[NaH]. The maximum atomic E-state index is 13.2. The predicted octanol–water partition coefficient (Wildman–Crippen LogP) is 2.75. The zero-order valence-electron chi connectivity index (χ0n) is 12.4. The summed E-state index contributed by atoms with van der Waals surface area (Å²) in [7, 11) is -6.20. The Morgan fingerprint density at radius 3 is 2.12 bits per heavy atom. The molecule has 0 saturated heterocycles. The van der Waals surface area contributed by atoms with E-state index in [0.717, 1.165) is 32.1 Å². The number of hydrogen-bond donors (Lipinski definition) is 1. The first-order valence-electron chi connectivity index (χ1n) is 7.38. The van der Waals surface area contributed by atoms with E-state index in [1.165, 1.54) is 0 Å². The van der Waals surface area contributed by atoms with Gasteiger partial charge in [-0.2, -0.15) is 26.0 Å². The molecule has 1 N–H and O–H groups in total. The van der Waals surface area contributed by atoms with Gasteiger partial charge < -0.3 is 4.74 Å². The second-order valence-corrected chi connectivity index (χ2v) is 7.12. The molecule has 1 aliphatic carbocycles. The van der Waals surface area contributed by atoms with Crippen LogP contribution in [-0.2, 0) is 19.6 Å². The first-order chi connectivity index (χ1) is 10.5. The molecule has 0 aliphatic heterocycles. The fourth-order valence-corrected chi connectivity index (χ4v) is 2.89. The van der Waals surface area contributed by atoms with Gasteiger partial charge in [0, 0.05) is 6.42 Å². The topological polar surface area (TPSA) is 80.7 Å². The quantitative estimate of drug-likeness (QED) is 0.227. The summed E-state index contributed by atoms with van der Waals surface area (Å²) in [5, 5.41) is -5.54. The number of carbonyl (C=O) groups excluding carboxylic acids is 1. The summed E-state index contributed by atoms with van der Waals surface area (Å²) in [5.74, 6) is -5.51. The van der Waals surface area contributed by atoms with Crippen molar-refractivity contribution in [3.05, 3.63) is 0 Å². The average molecular weight is 388 g/mol. The molecule has 1 saturated carbocycles. The van der Waals surface area contributed by atoms with Gasteiger partial charge in [0.25, 0.3) is 0 Å². The molecule has 0 spiro atoms. The van der Waals surface area contributed by atoms with Crippen LogP contribution >= 0.6 is 0 Å². The summed E-state index contributed by atoms with van der Waals surface area (Å²) in [6, 6.07) is 0. The summed E-state index contributed by atoms with van der Waals surface area (Å²) in [4.78, 5) is 11.6. The zero-order valence-corrected chi connectivity index (χ0v) is 13.3. The number of esters is 1. The molecule has 138 valence electrons. The van der Waals surface area contributed by atoms with Crippen LogP contribution in [-0.4, -0.2) is 66.3 Å². The van der Waals surface area contributed by atoms with Gasteiger partial charge in [-0.05, 0) is 25.7 Å². The number of hydrogen-bond acceptors (Lipinski definition) is 4. The van der Waals surface area contributed by atoms with E-state index < -0.39 is 40.1 Å². The van der Waals surface area contributed by atoms with Crippen LogP contribution in [0.4, 0.5) is 17.6 Å². The molecule has 0 aromatic heterocycles. The summed E-state index contributed by atoms with van der Waals surface area (Å²) in [6.45, 7) is -0.192. The van der Waals surface area contributed by atoms with Crippen molar-refractivity contribution in [1.29, 1.82) is 0 Å². The Labute approximate surface area is 160 Å². The van der Waals surface area contributed by atoms with Crippen molar-refractivity contribution in [2.45, 2.75) is 62.5 Å². The van der Waals surface area contributed by atoms with E-state index in [1.807, 2.05) is 0 Å². The minimum absolute atomic E-state index is 0. The average Bonchev–Trinajstić information content (AvgIpc) is 2.46. The third-order valence-corrected chi connectivity index (χ3v) is 4.76. The molecular weight excluding hydrogens is 367 g/mol. The Bertz CT molecular complexity index is 506. The second kappa shape index (κ2) is 9.70. The van der Waals surface area contributed by atoms with E-state index in [1.54, 1.807) is 0 Å². The van der Waals surface area contributed by atoms with Crippen molar-refractivity contribution in [3.8, 4) is 0 Å². The van der Waals surface area contributed by atoms with Gasteiger partial charge in [0.15, 0.2) is 0 Å². The molecule has 24 heavy (non-hydrogen) atoms. The summed E-state index contributed by atoms with van der Waals surface area (Å²) >= 11 is 0. The van der Waals surface area contributed by atoms with Gasteiger partial charge in [-0.1, -0.05) is 19.3 Å².